The van der Waals surface area contributed by atoms with Gasteiger partial charge in [0.2, 0.25) is 5.91 Å². The Bertz CT molecular complexity index is 494. The summed E-state index contributed by atoms with van der Waals surface area (Å²) in [5.74, 6) is -1.04. The zero-order chi connectivity index (χ0) is 16.4. The molecule has 0 aliphatic heterocycles. The fraction of sp³-hybridized carbons (Fsp3) is 0.500. The topological polar surface area (TPSA) is 92.4 Å². The molecule has 0 unspecified atom stereocenters. The van der Waals surface area contributed by atoms with Gasteiger partial charge in [0.1, 0.15) is 6.04 Å². The van der Waals surface area contributed by atoms with Gasteiger partial charge < -0.3 is 16.2 Å². The maximum absolute atomic E-state index is 11.8. The lowest BCUT2D eigenvalue weighted by molar-refractivity contribution is -0.138. The molecule has 1 rings (SSSR count). The van der Waals surface area contributed by atoms with E-state index in [4.69, 9.17) is 10.8 Å². The number of hydrogen-bond donors (Lipinski definition) is 3. The Morgan fingerprint density at radius 3 is 2.64 bits per heavy atom. The average Bonchev–Trinajstić information content (AvgIpc) is 2.47. The number of carboxylic acids is 1. The predicted octanol–water partition coefficient (Wildman–Crippen LogP) is 2.92. The minimum absolute atomic E-state index is 0.0153. The van der Waals surface area contributed by atoms with Gasteiger partial charge in [-0.3, -0.25) is 9.59 Å². The molecule has 22 heavy (non-hydrogen) atoms. The van der Waals surface area contributed by atoms with E-state index in [1.165, 1.54) is 0 Å². The third-order valence-electron chi connectivity index (χ3n) is 3.27. The zero-order valence-corrected chi connectivity index (χ0v) is 14.1. The molecule has 5 nitrogen and oxygen atoms in total. The molecule has 0 bridgehead atoms. The Balaban J connectivity index is 2.42. The van der Waals surface area contributed by atoms with E-state index in [9.17, 15) is 9.59 Å². The van der Waals surface area contributed by atoms with Crippen LogP contribution in [0.25, 0.3) is 0 Å². The first-order valence-corrected chi connectivity index (χ1v) is 8.58. The average molecular weight is 371 g/mol. The van der Waals surface area contributed by atoms with Gasteiger partial charge in [-0.25, -0.2) is 0 Å². The van der Waals surface area contributed by atoms with Crippen molar-refractivity contribution < 1.29 is 14.7 Å². The van der Waals surface area contributed by atoms with Crippen LogP contribution in [0, 0.1) is 0 Å². The maximum Gasteiger partial charge on any atom is 0.320 e. The summed E-state index contributed by atoms with van der Waals surface area (Å²) in [6.07, 6.45) is 4.93. The van der Waals surface area contributed by atoms with Crippen LogP contribution in [0.15, 0.2) is 24.3 Å². The predicted molar refractivity (Wildman–Crippen MR) is 91.3 cm³/mol. The van der Waals surface area contributed by atoms with Crippen molar-refractivity contribution in [2.75, 3.05) is 10.6 Å². The summed E-state index contributed by atoms with van der Waals surface area (Å²) in [4.78, 5) is 22.6. The Kier molecular flexibility index (Phi) is 8.77. The molecule has 0 fully saturated rings. The third-order valence-corrected chi connectivity index (χ3v) is 3.83. The van der Waals surface area contributed by atoms with E-state index in [0.29, 0.717) is 12.1 Å². The zero-order valence-electron chi connectivity index (χ0n) is 12.6. The molecule has 1 amide bonds. The lowest BCUT2D eigenvalue weighted by Crippen LogP contribution is -2.32. The Hall–Kier alpha value is -1.40. The smallest absolute Gasteiger partial charge is 0.320 e. The largest absolute Gasteiger partial charge is 0.480 e. The SMILES string of the molecule is N[C@@H](Cc1cccc(NC(=O)CCCCCCBr)c1)C(=O)O. The van der Waals surface area contributed by atoms with Crippen molar-refractivity contribution in [1.82, 2.24) is 0 Å². The monoisotopic (exact) mass is 370 g/mol. The highest BCUT2D eigenvalue weighted by molar-refractivity contribution is 9.09. The van der Waals surface area contributed by atoms with E-state index in [1.54, 1.807) is 24.3 Å². The number of halogens is 1. The molecule has 0 radical (unpaired) electrons. The summed E-state index contributed by atoms with van der Waals surface area (Å²) in [5, 5.41) is 12.7. The Morgan fingerprint density at radius 1 is 1.23 bits per heavy atom. The quantitative estimate of drug-likeness (QED) is 0.436. The van der Waals surface area contributed by atoms with Gasteiger partial charge in [-0.1, -0.05) is 40.9 Å². The molecule has 1 aromatic carbocycles. The van der Waals surface area contributed by atoms with Crippen LogP contribution in [0.1, 0.15) is 37.7 Å². The van der Waals surface area contributed by atoms with Crippen LogP contribution in [-0.4, -0.2) is 28.4 Å². The number of aliphatic carboxylic acids is 1. The van der Waals surface area contributed by atoms with Crippen molar-refractivity contribution in [2.45, 2.75) is 44.6 Å². The van der Waals surface area contributed by atoms with Gasteiger partial charge in [0, 0.05) is 17.4 Å². The number of benzene rings is 1. The summed E-state index contributed by atoms with van der Waals surface area (Å²) >= 11 is 3.38. The van der Waals surface area contributed by atoms with Crippen LogP contribution >= 0.6 is 15.9 Å². The van der Waals surface area contributed by atoms with E-state index >= 15 is 0 Å². The van der Waals surface area contributed by atoms with Gasteiger partial charge in [-0.05, 0) is 37.0 Å². The molecule has 4 N–H and O–H groups in total. The van der Waals surface area contributed by atoms with Gasteiger partial charge in [-0.15, -0.1) is 0 Å². The van der Waals surface area contributed by atoms with Crippen LogP contribution in [0.4, 0.5) is 5.69 Å². The molecule has 0 aromatic heterocycles. The van der Waals surface area contributed by atoms with E-state index < -0.39 is 12.0 Å². The number of rotatable bonds is 10. The number of unbranched alkanes of at least 4 members (excludes halogenated alkanes) is 3. The number of carbonyl (C=O) groups excluding carboxylic acids is 1. The van der Waals surface area contributed by atoms with Gasteiger partial charge in [0.25, 0.3) is 0 Å². The molecule has 0 saturated heterocycles. The van der Waals surface area contributed by atoms with Crippen molar-refractivity contribution in [3.05, 3.63) is 29.8 Å². The first-order chi connectivity index (χ1) is 10.5. The second kappa shape index (κ2) is 10.3. The van der Waals surface area contributed by atoms with E-state index in [-0.39, 0.29) is 12.3 Å². The number of hydrogen-bond acceptors (Lipinski definition) is 3. The van der Waals surface area contributed by atoms with Crippen LogP contribution in [-0.2, 0) is 16.0 Å². The maximum atomic E-state index is 11.8. The lowest BCUT2D eigenvalue weighted by Gasteiger charge is -2.09. The molecule has 1 atom stereocenters. The van der Waals surface area contributed by atoms with Crippen LogP contribution in [0.5, 0.6) is 0 Å². The molecular weight excluding hydrogens is 348 g/mol. The molecule has 0 aliphatic rings. The van der Waals surface area contributed by atoms with Gasteiger partial charge >= 0.3 is 5.97 Å². The molecule has 0 aliphatic carbocycles. The minimum atomic E-state index is -1.03. The fourth-order valence-corrected chi connectivity index (χ4v) is 2.47. The highest BCUT2D eigenvalue weighted by Crippen LogP contribution is 2.13. The molecule has 6 heteroatoms. The normalized spacial score (nSPS) is 11.9. The molecule has 0 saturated carbocycles. The number of carbonyl (C=O) groups is 2. The molecule has 0 spiro atoms. The van der Waals surface area contributed by atoms with Crippen molar-refractivity contribution in [3.63, 3.8) is 0 Å². The summed E-state index contributed by atoms with van der Waals surface area (Å²) in [7, 11) is 0. The number of alkyl halides is 1. The van der Waals surface area contributed by atoms with Crippen LogP contribution in [0.3, 0.4) is 0 Å². The summed E-state index contributed by atoms with van der Waals surface area (Å²) < 4.78 is 0. The Morgan fingerprint density at radius 2 is 1.95 bits per heavy atom. The van der Waals surface area contributed by atoms with Crippen molar-refractivity contribution in [3.8, 4) is 0 Å². The Labute approximate surface area is 139 Å². The number of nitrogens with one attached hydrogen (secondary N) is 1. The molecule has 0 heterocycles. The van der Waals surface area contributed by atoms with Crippen molar-refractivity contribution >= 4 is 33.5 Å². The molecular formula is C16H23BrN2O3. The highest BCUT2D eigenvalue weighted by atomic mass is 79.9. The van der Waals surface area contributed by atoms with Crippen molar-refractivity contribution in [1.29, 1.82) is 0 Å². The molecule has 1 aromatic rings. The summed E-state index contributed by atoms with van der Waals surface area (Å²) in [6.45, 7) is 0. The van der Waals surface area contributed by atoms with E-state index in [0.717, 1.165) is 36.6 Å². The fourth-order valence-electron chi connectivity index (χ4n) is 2.07. The number of anilines is 1. The lowest BCUT2D eigenvalue weighted by atomic mass is 10.1. The second-order valence-corrected chi connectivity index (χ2v) is 6.04. The first-order valence-electron chi connectivity index (χ1n) is 7.46. The third kappa shape index (κ3) is 7.56. The van der Waals surface area contributed by atoms with Crippen molar-refractivity contribution in [2.24, 2.45) is 5.73 Å². The summed E-state index contributed by atoms with van der Waals surface area (Å²) in [6, 6.07) is 6.22. The van der Waals surface area contributed by atoms with Gasteiger partial charge in [-0.2, -0.15) is 0 Å². The standard InChI is InChI=1S/C16H23BrN2O3/c17-9-4-2-1-3-8-15(20)19-13-7-5-6-12(10-13)11-14(18)16(21)22/h5-7,10,14H,1-4,8-9,11,18H2,(H,19,20)(H,21,22)/t14-/m0/s1. The highest BCUT2D eigenvalue weighted by Gasteiger charge is 2.12. The number of carboxylic acid groups (broad SMARTS) is 1. The van der Waals surface area contributed by atoms with Crippen LogP contribution < -0.4 is 11.1 Å². The first kappa shape index (κ1) is 18.6. The second-order valence-electron chi connectivity index (χ2n) is 5.25. The van der Waals surface area contributed by atoms with Crippen LogP contribution in [0.2, 0.25) is 0 Å². The minimum Gasteiger partial charge on any atom is -0.480 e. The molecule has 122 valence electrons. The van der Waals surface area contributed by atoms with Gasteiger partial charge in [0.15, 0.2) is 0 Å². The number of nitrogens with two attached hydrogens (primary N) is 1. The van der Waals surface area contributed by atoms with Gasteiger partial charge in [0.05, 0.1) is 0 Å². The summed E-state index contributed by atoms with van der Waals surface area (Å²) in [5.41, 5.74) is 6.99. The number of amides is 1. The van der Waals surface area contributed by atoms with E-state index in [1.807, 2.05) is 0 Å². The van der Waals surface area contributed by atoms with E-state index in [2.05, 4.69) is 21.2 Å².